The molecule has 8 nitrogen and oxygen atoms in total. The summed E-state index contributed by atoms with van der Waals surface area (Å²) >= 11 is 7.89. The molecule has 0 amide bonds. The van der Waals surface area contributed by atoms with Gasteiger partial charge in [-0.25, -0.2) is 4.98 Å². The van der Waals surface area contributed by atoms with Crippen molar-refractivity contribution in [2.45, 2.75) is 63.5 Å². The van der Waals surface area contributed by atoms with E-state index in [1.165, 1.54) is 25.7 Å². The molecule has 2 saturated carbocycles. The van der Waals surface area contributed by atoms with Crippen LogP contribution in [-0.2, 0) is 0 Å². The first-order valence-electron chi connectivity index (χ1n) is 11.7. The maximum absolute atomic E-state index is 6.30. The van der Waals surface area contributed by atoms with Crippen LogP contribution in [0.4, 0.5) is 23.0 Å². The van der Waals surface area contributed by atoms with Gasteiger partial charge in [-0.3, -0.25) is 5.32 Å². The predicted octanol–water partition coefficient (Wildman–Crippen LogP) is 4.53. The van der Waals surface area contributed by atoms with Crippen molar-refractivity contribution < 1.29 is 0 Å². The Labute approximate surface area is 197 Å². The van der Waals surface area contributed by atoms with E-state index in [4.69, 9.17) is 26.6 Å². The van der Waals surface area contributed by atoms with E-state index in [-0.39, 0.29) is 0 Å². The van der Waals surface area contributed by atoms with Crippen LogP contribution in [0, 0.1) is 11.8 Å². The number of allylic oxidation sites excluding steroid dienone is 1. The molecule has 0 spiro atoms. The Morgan fingerprint density at radius 1 is 1.03 bits per heavy atom. The van der Waals surface area contributed by atoms with Crippen LogP contribution in [0.25, 0.3) is 6.08 Å². The lowest BCUT2D eigenvalue weighted by molar-refractivity contribution is 0.438. The van der Waals surface area contributed by atoms with Crippen molar-refractivity contribution in [1.82, 2.24) is 25.3 Å². The fourth-order valence-electron chi connectivity index (χ4n) is 5.65. The molecule has 2 bridgehead atoms. The van der Waals surface area contributed by atoms with Crippen molar-refractivity contribution in [3.63, 3.8) is 0 Å². The second-order valence-corrected chi connectivity index (χ2v) is 11.2. The van der Waals surface area contributed by atoms with Gasteiger partial charge in [0.2, 0.25) is 17.8 Å². The lowest BCUT2D eigenvalue weighted by Crippen LogP contribution is -2.28. The zero-order chi connectivity index (χ0) is 21.7. The highest BCUT2D eigenvalue weighted by atomic mass is 35.5. The molecule has 4 aliphatic rings. The first kappa shape index (κ1) is 20.6. The molecule has 6 rings (SSSR count). The van der Waals surface area contributed by atoms with E-state index in [1.54, 1.807) is 11.3 Å². The molecule has 32 heavy (non-hydrogen) atoms. The van der Waals surface area contributed by atoms with E-state index in [0.29, 0.717) is 35.8 Å². The second kappa shape index (κ2) is 8.43. The Bertz CT molecular complexity index is 1030. The Balaban J connectivity index is 1.25. The van der Waals surface area contributed by atoms with Gasteiger partial charge in [0, 0.05) is 29.6 Å². The van der Waals surface area contributed by atoms with Crippen molar-refractivity contribution in [3.05, 3.63) is 15.6 Å². The van der Waals surface area contributed by atoms with Gasteiger partial charge in [0.25, 0.3) is 0 Å². The van der Waals surface area contributed by atoms with E-state index >= 15 is 0 Å². The first-order chi connectivity index (χ1) is 15.6. The largest absolute Gasteiger partial charge is 0.351 e. The van der Waals surface area contributed by atoms with Crippen LogP contribution in [0.1, 0.15) is 61.9 Å². The van der Waals surface area contributed by atoms with Gasteiger partial charge in [-0.15, -0.1) is 0 Å². The molecule has 5 unspecified atom stereocenters. The molecule has 0 aromatic carbocycles. The monoisotopic (exact) mass is 472 g/mol. The Kier molecular flexibility index (Phi) is 5.43. The van der Waals surface area contributed by atoms with Gasteiger partial charge in [-0.05, 0) is 56.6 Å². The van der Waals surface area contributed by atoms with Crippen molar-refractivity contribution in [3.8, 4) is 0 Å². The summed E-state index contributed by atoms with van der Waals surface area (Å²) < 4.78 is 0. The number of fused-ring (bicyclic) bond motifs is 3. The molecule has 3 fully saturated rings. The maximum Gasteiger partial charge on any atom is 0.235 e. The normalized spacial score (nSPS) is 30.8. The van der Waals surface area contributed by atoms with Gasteiger partial charge in [-0.2, -0.15) is 15.0 Å². The number of nitrogens with one attached hydrogen (secondary N) is 4. The van der Waals surface area contributed by atoms with Gasteiger partial charge >= 0.3 is 0 Å². The summed E-state index contributed by atoms with van der Waals surface area (Å²) in [6, 6.07) is 0.797. The zero-order valence-electron chi connectivity index (χ0n) is 18.2. The molecule has 10 heteroatoms. The van der Waals surface area contributed by atoms with Crippen molar-refractivity contribution in [2.75, 3.05) is 29.0 Å². The molecular formula is C22H29ClN8S. The highest BCUT2D eigenvalue weighted by Gasteiger charge is 2.39. The minimum absolute atomic E-state index is 0.315. The molecule has 3 aliphatic carbocycles. The summed E-state index contributed by atoms with van der Waals surface area (Å²) in [6.45, 7) is 4.10. The second-order valence-electron chi connectivity index (χ2n) is 9.66. The average Bonchev–Trinajstić information content (AvgIpc) is 3.52. The van der Waals surface area contributed by atoms with Crippen molar-refractivity contribution in [2.24, 2.45) is 11.8 Å². The Morgan fingerprint density at radius 3 is 2.62 bits per heavy atom. The molecule has 2 aromatic rings. The fraction of sp³-hybridized carbons (Fsp3) is 0.636. The highest BCUT2D eigenvalue weighted by Crippen LogP contribution is 2.45. The predicted molar refractivity (Wildman–Crippen MR) is 130 cm³/mol. The molecule has 1 saturated heterocycles. The van der Waals surface area contributed by atoms with Gasteiger partial charge in [0.1, 0.15) is 0 Å². The summed E-state index contributed by atoms with van der Waals surface area (Å²) in [6.07, 6.45) is 9.17. The molecule has 3 heterocycles. The highest BCUT2D eigenvalue weighted by molar-refractivity contribution is 7.16. The van der Waals surface area contributed by atoms with Gasteiger partial charge < -0.3 is 16.0 Å². The number of hydrogen-bond acceptors (Lipinski definition) is 9. The minimum Gasteiger partial charge on any atom is -0.351 e. The third kappa shape index (κ3) is 4.18. The van der Waals surface area contributed by atoms with Crippen molar-refractivity contribution in [1.29, 1.82) is 0 Å². The van der Waals surface area contributed by atoms with Gasteiger partial charge in [-0.1, -0.05) is 36.3 Å². The first-order valence-corrected chi connectivity index (χ1v) is 12.9. The molecular weight excluding hydrogens is 444 g/mol. The molecule has 1 aliphatic heterocycles. The van der Waals surface area contributed by atoms with Crippen LogP contribution in [0.5, 0.6) is 0 Å². The third-order valence-electron chi connectivity index (χ3n) is 7.24. The van der Waals surface area contributed by atoms with E-state index in [1.807, 2.05) is 6.08 Å². The number of hydrogen-bond donors (Lipinski definition) is 4. The third-order valence-corrected chi connectivity index (χ3v) is 8.43. The van der Waals surface area contributed by atoms with Gasteiger partial charge in [0.15, 0.2) is 5.13 Å². The van der Waals surface area contributed by atoms with Gasteiger partial charge in [0.05, 0.1) is 10.6 Å². The summed E-state index contributed by atoms with van der Waals surface area (Å²) in [4.78, 5) is 20.0. The fourth-order valence-corrected chi connectivity index (χ4v) is 7.10. The molecule has 2 aromatic heterocycles. The van der Waals surface area contributed by atoms with Crippen molar-refractivity contribution >= 4 is 52.0 Å². The molecule has 170 valence electrons. The number of aromatic nitrogens is 4. The van der Waals surface area contributed by atoms with E-state index in [2.05, 4.69) is 33.2 Å². The summed E-state index contributed by atoms with van der Waals surface area (Å²) in [5.41, 5.74) is 1.09. The molecule has 0 radical (unpaired) electrons. The summed E-state index contributed by atoms with van der Waals surface area (Å²) in [5.74, 6) is 3.70. The number of nitrogens with zero attached hydrogens (tertiary/aromatic N) is 4. The topological polar surface area (TPSA) is 99.7 Å². The van der Waals surface area contributed by atoms with Crippen LogP contribution < -0.4 is 21.3 Å². The van der Waals surface area contributed by atoms with Crippen LogP contribution in [0.3, 0.4) is 0 Å². The van der Waals surface area contributed by atoms with Crippen LogP contribution in [0.15, 0.2) is 5.03 Å². The molecule has 5 atom stereocenters. The van der Waals surface area contributed by atoms with Crippen LogP contribution >= 0.6 is 22.9 Å². The SMILES string of the molecule is CC1CC(Cl)=Cc2sc(Nc3nc(NC4CCNC4)nc(NC4CC5CCC4C5)n3)nc21. The van der Waals surface area contributed by atoms with E-state index in [9.17, 15) is 0 Å². The quantitative estimate of drug-likeness (QED) is 0.486. The average molecular weight is 473 g/mol. The zero-order valence-corrected chi connectivity index (χ0v) is 19.8. The number of anilines is 4. The number of rotatable bonds is 6. The lowest BCUT2D eigenvalue weighted by atomic mass is 9.95. The number of thiazole rings is 1. The minimum atomic E-state index is 0.315. The lowest BCUT2D eigenvalue weighted by Gasteiger charge is -2.23. The van der Waals surface area contributed by atoms with Crippen LogP contribution in [-0.4, -0.2) is 45.1 Å². The van der Waals surface area contributed by atoms with E-state index < -0.39 is 0 Å². The number of halogens is 1. The molecule has 4 N–H and O–H groups in total. The Morgan fingerprint density at radius 2 is 1.88 bits per heavy atom. The van der Waals surface area contributed by atoms with E-state index in [0.717, 1.165) is 58.5 Å². The van der Waals surface area contributed by atoms with Crippen LogP contribution in [0.2, 0.25) is 0 Å². The summed E-state index contributed by atoms with van der Waals surface area (Å²) in [5, 5.41) is 15.5. The maximum atomic E-state index is 6.30. The summed E-state index contributed by atoms with van der Waals surface area (Å²) in [7, 11) is 0. The standard InChI is InChI=1S/C22H29ClN8S/c1-11-6-14(23)9-17-18(11)27-22(32-17)31-21-29-19(25-15-4-5-24-10-15)28-20(30-21)26-16-8-12-2-3-13(16)7-12/h9,11-13,15-16,24H,2-8,10H2,1H3,(H3,25,26,27,28,29,30,31). The Hall–Kier alpha value is -1.97. The smallest absolute Gasteiger partial charge is 0.235 e.